The highest BCUT2D eigenvalue weighted by molar-refractivity contribution is 9.10. The summed E-state index contributed by atoms with van der Waals surface area (Å²) in [7, 11) is -3.34. The van der Waals surface area contributed by atoms with Crippen molar-refractivity contribution >= 4 is 49.1 Å². The van der Waals surface area contributed by atoms with E-state index in [1.54, 1.807) is 23.2 Å². The molecule has 0 amide bonds. The summed E-state index contributed by atoms with van der Waals surface area (Å²) in [6, 6.07) is 1.75. The van der Waals surface area contributed by atoms with Crippen LogP contribution < -0.4 is 4.72 Å². The fourth-order valence-electron chi connectivity index (χ4n) is 1.36. The van der Waals surface area contributed by atoms with Crippen LogP contribution in [0.2, 0.25) is 0 Å². The van der Waals surface area contributed by atoms with Gasteiger partial charge in [0, 0.05) is 15.8 Å². The molecule has 0 aromatic carbocycles. The van der Waals surface area contributed by atoms with E-state index in [2.05, 4.69) is 20.7 Å². The molecule has 1 aliphatic rings. The van der Waals surface area contributed by atoms with Gasteiger partial charge in [0.1, 0.15) is 4.21 Å². The molecular formula is C9H12BrNO2S3. The summed E-state index contributed by atoms with van der Waals surface area (Å²) >= 11 is 6.22. The lowest BCUT2D eigenvalue weighted by atomic mass is 10.4. The molecule has 7 heteroatoms. The first-order valence-corrected chi connectivity index (χ1v) is 9.15. The summed E-state index contributed by atoms with van der Waals surface area (Å²) in [5.74, 6) is 0. The number of hydrogen-bond acceptors (Lipinski definition) is 4. The van der Waals surface area contributed by atoms with Gasteiger partial charge in [-0.1, -0.05) is 0 Å². The van der Waals surface area contributed by atoms with E-state index in [0.717, 1.165) is 12.8 Å². The van der Waals surface area contributed by atoms with Crippen molar-refractivity contribution in [3.05, 3.63) is 15.9 Å². The van der Waals surface area contributed by atoms with E-state index in [1.807, 2.05) is 6.26 Å². The van der Waals surface area contributed by atoms with E-state index in [9.17, 15) is 8.42 Å². The van der Waals surface area contributed by atoms with Gasteiger partial charge in [0.2, 0.25) is 0 Å². The summed E-state index contributed by atoms with van der Waals surface area (Å²) in [5.41, 5.74) is 0. The molecule has 1 aliphatic carbocycles. The maximum Gasteiger partial charge on any atom is 0.251 e. The van der Waals surface area contributed by atoms with Gasteiger partial charge in [-0.25, -0.2) is 13.1 Å². The topological polar surface area (TPSA) is 46.2 Å². The lowest BCUT2D eigenvalue weighted by molar-refractivity contribution is 0.581. The van der Waals surface area contributed by atoms with Crippen molar-refractivity contribution in [3.63, 3.8) is 0 Å². The predicted molar refractivity (Wildman–Crippen MR) is 72.7 cm³/mol. The Hall–Kier alpha value is 0.440. The molecule has 0 saturated heterocycles. The lowest BCUT2D eigenvalue weighted by Crippen LogP contribution is -2.31. The van der Waals surface area contributed by atoms with Crippen molar-refractivity contribution in [2.24, 2.45) is 0 Å². The Bertz CT molecular complexity index is 479. The quantitative estimate of drug-likeness (QED) is 0.895. The van der Waals surface area contributed by atoms with Crippen LogP contribution in [0, 0.1) is 0 Å². The number of halogens is 1. The third-order valence-electron chi connectivity index (χ3n) is 2.65. The summed E-state index contributed by atoms with van der Waals surface area (Å²) in [5, 5.41) is 1.76. The zero-order valence-electron chi connectivity index (χ0n) is 8.70. The first-order valence-electron chi connectivity index (χ1n) is 4.77. The van der Waals surface area contributed by atoms with Crippen molar-refractivity contribution in [1.29, 1.82) is 0 Å². The van der Waals surface area contributed by atoms with Crippen LogP contribution in [0.1, 0.15) is 12.8 Å². The van der Waals surface area contributed by atoms with Crippen LogP contribution in [0.3, 0.4) is 0 Å². The van der Waals surface area contributed by atoms with Gasteiger partial charge in [0.15, 0.2) is 0 Å². The molecule has 1 fully saturated rings. The van der Waals surface area contributed by atoms with Crippen LogP contribution >= 0.6 is 39.0 Å². The van der Waals surface area contributed by atoms with Gasteiger partial charge in [-0.15, -0.1) is 11.3 Å². The standard InChI is InChI=1S/C9H12BrNO2S3/c1-14-9(3-4-9)6-11-16(12,13)8-7(10)2-5-15-8/h2,5,11H,3-4,6H2,1H3. The fourth-order valence-corrected chi connectivity index (χ4v) is 5.68. The summed E-state index contributed by atoms with van der Waals surface area (Å²) in [6.07, 6.45) is 4.23. The van der Waals surface area contributed by atoms with Gasteiger partial charge < -0.3 is 0 Å². The van der Waals surface area contributed by atoms with Gasteiger partial charge in [0.25, 0.3) is 10.0 Å². The second kappa shape index (κ2) is 4.61. The summed E-state index contributed by atoms with van der Waals surface area (Å²) in [6.45, 7) is 0.529. The molecule has 90 valence electrons. The zero-order valence-corrected chi connectivity index (χ0v) is 12.7. The van der Waals surface area contributed by atoms with Crippen molar-refractivity contribution < 1.29 is 8.42 Å². The number of hydrogen-bond donors (Lipinski definition) is 1. The maximum absolute atomic E-state index is 12.0. The molecule has 2 rings (SSSR count). The Labute approximate surface area is 112 Å². The third kappa shape index (κ3) is 2.64. The van der Waals surface area contributed by atoms with E-state index in [1.165, 1.54) is 11.3 Å². The molecule has 0 atom stereocenters. The fraction of sp³-hybridized carbons (Fsp3) is 0.556. The molecule has 0 spiro atoms. The Morgan fingerprint density at radius 3 is 2.75 bits per heavy atom. The minimum absolute atomic E-state index is 0.150. The maximum atomic E-state index is 12.0. The number of nitrogens with one attached hydrogen (secondary N) is 1. The highest BCUT2D eigenvalue weighted by Gasteiger charge is 2.42. The molecule has 0 radical (unpaired) electrons. The smallest absolute Gasteiger partial charge is 0.209 e. The van der Waals surface area contributed by atoms with Crippen LogP contribution in [0.15, 0.2) is 20.1 Å². The van der Waals surface area contributed by atoms with Crippen LogP contribution in [-0.4, -0.2) is 26.0 Å². The first kappa shape index (κ1) is 12.9. The number of rotatable bonds is 5. The van der Waals surface area contributed by atoms with E-state index >= 15 is 0 Å². The highest BCUT2D eigenvalue weighted by atomic mass is 79.9. The molecule has 1 saturated carbocycles. The van der Waals surface area contributed by atoms with Gasteiger partial charge >= 0.3 is 0 Å². The Morgan fingerprint density at radius 2 is 2.31 bits per heavy atom. The second-order valence-corrected chi connectivity index (χ2v) is 8.77. The average Bonchev–Trinajstić information content (AvgIpc) is 2.91. The monoisotopic (exact) mass is 341 g/mol. The molecule has 16 heavy (non-hydrogen) atoms. The van der Waals surface area contributed by atoms with Crippen molar-refractivity contribution in [2.75, 3.05) is 12.8 Å². The Balaban J connectivity index is 2.07. The number of thioether (sulfide) groups is 1. The highest BCUT2D eigenvalue weighted by Crippen LogP contribution is 2.46. The molecule has 3 nitrogen and oxygen atoms in total. The van der Waals surface area contributed by atoms with Gasteiger partial charge in [-0.2, -0.15) is 11.8 Å². The minimum Gasteiger partial charge on any atom is -0.209 e. The van der Waals surface area contributed by atoms with Crippen LogP contribution in [0.5, 0.6) is 0 Å². The Morgan fingerprint density at radius 1 is 1.62 bits per heavy atom. The van der Waals surface area contributed by atoms with Crippen molar-refractivity contribution in [3.8, 4) is 0 Å². The van der Waals surface area contributed by atoms with E-state index in [-0.39, 0.29) is 4.75 Å². The van der Waals surface area contributed by atoms with Crippen LogP contribution in [0.4, 0.5) is 0 Å². The number of thiophene rings is 1. The summed E-state index contributed by atoms with van der Waals surface area (Å²) in [4.78, 5) is 0. The summed E-state index contributed by atoms with van der Waals surface area (Å²) < 4.78 is 27.8. The molecule has 1 aromatic rings. The molecule has 1 heterocycles. The molecule has 1 N–H and O–H groups in total. The third-order valence-corrected chi connectivity index (χ3v) is 8.14. The molecule has 0 unspecified atom stereocenters. The average molecular weight is 342 g/mol. The van der Waals surface area contributed by atoms with E-state index < -0.39 is 10.0 Å². The SMILES string of the molecule is CSC1(CNS(=O)(=O)c2sccc2Br)CC1. The second-order valence-electron chi connectivity index (χ2n) is 3.77. The van der Waals surface area contributed by atoms with Crippen molar-refractivity contribution in [1.82, 2.24) is 4.72 Å². The van der Waals surface area contributed by atoms with Crippen molar-refractivity contribution in [2.45, 2.75) is 21.8 Å². The number of sulfonamides is 1. The normalized spacial score (nSPS) is 18.6. The van der Waals surface area contributed by atoms with Gasteiger partial charge in [-0.05, 0) is 46.5 Å². The Kier molecular flexibility index (Phi) is 3.71. The molecular weight excluding hydrogens is 330 g/mol. The first-order chi connectivity index (χ1) is 7.49. The van der Waals surface area contributed by atoms with E-state index in [0.29, 0.717) is 15.2 Å². The molecule has 1 aromatic heterocycles. The van der Waals surface area contributed by atoms with Crippen LogP contribution in [0.25, 0.3) is 0 Å². The largest absolute Gasteiger partial charge is 0.251 e. The zero-order chi connectivity index (χ0) is 11.8. The van der Waals surface area contributed by atoms with Gasteiger partial charge in [0.05, 0.1) is 0 Å². The minimum atomic E-state index is -3.34. The predicted octanol–water partition coefficient (Wildman–Crippen LogP) is 2.68. The lowest BCUT2D eigenvalue weighted by Gasteiger charge is -2.12. The van der Waals surface area contributed by atoms with Crippen LogP contribution in [-0.2, 0) is 10.0 Å². The van der Waals surface area contributed by atoms with E-state index in [4.69, 9.17) is 0 Å². The molecule has 0 aliphatic heterocycles. The molecule has 0 bridgehead atoms. The van der Waals surface area contributed by atoms with Gasteiger partial charge in [-0.3, -0.25) is 0 Å².